The van der Waals surface area contributed by atoms with Crippen LogP contribution in [0.3, 0.4) is 0 Å². The first-order chi connectivity index (χ1) is 12.3. The molecule has 7 atom stereocenters. The van der Waals surface area contributed by atoms with Crippen molar-refractivity contribution in [3.8, 4) is 0 Å². The molecule has 152 valence electrons. The van der Waals surface area contributed by atoms with Gasteiger partial charge in [-0.25, -0.2) is 4.57 Å². The van der Waals surface area contributed by atoms with Gasteiger partial charge in [-0.1, -0.05) is 29.8 Å². The number of hydrogen-bond donors (Lipinski definition) is 8. The van der Waals surface area contributed by atoms with Crippen LogP contribution in [0.2, 0.25) is 0 Å². The maximum atomic E-state index is 10.0. The Kier molecular flexibility index (Phi) is 6.78. The highest BCUT2D eigenvalue weighted by Gasteiger charge is 2.52. The number of fused-ring (bicyclic) bond motifs is 1. The molecule has 1 unspecified atom stereocenters. The number of ether oxygens (including phenoxy) is 1. The van der Waals surface area contributed by atoms with Crippen molar-refractivity contribution < 1.29 is 49.5 Å². The zero-order valence-corrected chi connectivity index (χ0v) is 15.2. The Morgan fingerprint density at radius 2 is 1.37 bits per heavy atom. The largest absolute Gasteiger partial charge is 0.466 e. The molecule has 1 heterocycles. The van der Waals surface area contributed by atoms with Gasteiger partial charge in [0.05, 0.1) is 11.9 Å². The van der Waals surface area contributed by atoms with Gasteiger partial charge >= 0.3 is 7.82 Å². The topological polar surface area (TPSA) is 200 Å². The Morgan fingerprint density at radius 3 is 1.89 bits per heavy atom. The van der Waals surface area contributed by atoms with Crippen LogP contribution in [-0.2, 0) is 14.4 Å². The molecule has 1 aliphatic carbocycles. The molecule has 0 aromatic heterocycles. The highest BCUT2D eigenvalue weighted by molar-refractivity contribution is 7.45. The smallest absolute Gasteiger partial charge is 0.387 e. The van der Waals surface area contributed by atoms with E-state index in [0.717, 1.165) is 0 Å². The molecule has 0 radical (unpaired) electrons. The van der Waals surface area contributed by atoms with E-state index in [1.807, 2.05) is 0 Å². The van der Waals surface area contributed by atoms with Gasteiger partial charge in [0.1, 0.15) is 36.6 Å². The van der Waals surface area contributed by atoms with E-state index in [2.05, 4.69) is 4.99 Å². The van der Waals surface area contributed by atoms with Crippen molar-refractivity contribution >= 4 is 31.3 Å². The van der Waals surface area contributed by atoms with Crippen LogP contribution in [-0.4, -0.2) is 83.1 Å². The van der Waals surface area contributed by atoms with E-state index in [1.54, 1.807) is 24.3 Å². The fourth-order valence-corrected chi connectivity index (χ4v) is 3.04. The molecular formula is C14H19ClNO10P. The lowest BCUT2D eigenvalue weighted by Gasteiger charge is -2.43. The number of para-hydroxylation sites is 1. The quantitative estimate of drug-likeness (QED) is 0.194. The summed E-state index contributed by atoms with van der Waals surface area (Å²) in [5.74, 6) is 0. The van der Waals surface area contributed by atoms with Crippen molar-refractivity contribution in [1.29, 1.82) is 0 Å². The Labute approximate surface area is 158 Å². The highest BCUT2D eigenvalue weighted by Crippen LogP contribution is 2.43. The summed E-state index contributed by atoms with van der Waals surface area (Å²) < 4.78 is 14.4. The summed E-state index contributed by atoms with van der Waals surface area (Å²) in [6.45, 7) is 0. The molecule has 1 saturated carbocycles. The van der Waals surface area contributed by atoms with Gasteiger partial charge in [0.25, 0.3) is 0 Å². The number of hydrogen-bond acceptors (Lipinski definition) is 8. The van der Waals surface area contributed by atoms with Gasteiger partial charge in [-0.15, -0.1) is 0 Å². The molecule has 11 nitrogen and oxygen atoms in total. The lowest BCUT2D eigenvalue weighted by atomic mass is 9.84. The number of aliphatic hydroxyl groups is 5. The Hall–Kier alpha value is -0.950. The second kappa shape index (κ2) is 8.19. The summed E-state index contributed by atoms with van der Waals surface area (Å²) in [6.07, 6.45) is -8.35. The summed E-state index contributed by atoms with van der Waals surface area (Å²) in [5.41, 5.74) is 1.10. The second-order valence-corrected chi connectivity index (χ2v) is 7.56. The Bertz CT molecular complexity index is 720. The fraction of sp³-hybridized carbons (Fsp3) is 0.500. The van der Waals surface area contributed by atoms with Crippen LogP contribution in [0.4, 0.5) is 5.69 Å². The van der Waals surface area contributed by atoms with Gasteiger partial charge in [0.2, 0.25) is 5.06 Å². The van der Waals surface area contributed by atoms with Crippen molar-refractivity contribution in [2.75, 3.05) is 0 Å². The first kappa shape index (κ1) is 22.3. The molecule has 0 saturated heterocycles. The van der Waals surface area contributed by atoms with E-state index >= 15 is 0 Å². The lowest BCUT2D eigenvalue weighted by Crippen LogP contribution is -2.65. The van der Waals surface area contributed by atoms with E-state index in [-0.39, 0.29) is 0 Å². The van der Waals surface area contributed by atoms with Gasteiger partial charge in [-0.3, -0.25) is 4.99 Å². The van der Waals surface area contributed by atoms with Crippen LogP contribution in [0.25, 0.3) is 0 Å². The number of alkyl halides is 1. The summed E-state index contributed by atoms with van der Waals surface area (Å²) in [7, 11) is -4.64. The van der Waals surface area contributed by atoms with Crippen molar-refractivity contribution in [1.82, 2.24) is 0 Å². The number of aliphatic imine (C=N–C) groups is 1. The average molecular weight is 428 g/mol. The summed E-state index contributed by atoms with van der Waals surface area (Å²) >= 11 is 6.38. The molecule has 1 aromatic carbocycles. The zero-order chi connectivity index (χ0) is 20.6. The van der Waals surface area contributed by atoms with E-state index in [4.69, 9.17) is 35.6 Å². The van der Waals surface area contributed by atoms with Crippen molar-refractivity contribution in [3.63, 3.8) is 0 Å². The third-order valence-electron chi connectivity index (χ3n) is 4.02. The predicted molar refractivity (Wildman–Crippen MR) is 91.3 cm³/mol. The van der Waals surface area contributed by atoms with Gasteiger partial charge < -0.3 is 44.9 Å². The number of aliphatic hydroxyl groups excluding tert-OH is 5. The number of nitrogens with zero attached hydrogens (tertiary/aromatic N) is 1. The minimum absolute atomic E-state index is 0.520. The van der Waals surface area contributed by atoms with E-state index in [1.165, 1.54) is 6.21 Å². The van der Waals surface area contributed by atoms with Crippen LogP contribution in [0.1, 0.15) is 5.56 Å². The Morgan fingerprint density at radius 1 is 0.926 bits per heavy atom. The van der Waals surface area contributed by atoms with Gasteiger partial charge in [-0.05, 0) is 6.07 Å². The maximum absolute atomic E-state index is 10.0. The summed E-state index contributed by atoms with van der Waals surface area (Å²) in [6, 6.07) is 6.90. The zero-order valence-electron chi connectivity index (χ0n) is 13.5. The first-order valence-electron chi connectivity index (χ1n) is 7.55. The molecule has 1 aliphatic heterocycles. The molecule has 3 rings (SSSR count). The third-order valence-corrected chi connectivity index (χ3v) is 4.41. The van der Waals surface area contributed by atoms with Crippen LogP contribution < -0.4 is 0 Å². The Balaban J connectivity index is 0.000000465. The molecule has 8 N–H and O–H groups in total. The molecule has 0 bridgehead atoms. The van der Waals surface area contributed by atoms with E-state index in [0.29, 0.717) is 11.3 Å². The molecule has 0 spiro atoms. The van der Waals surface area contributed by atoms with Crippen LogP contribution >= 0.6 is 19.4 Å². The van der Waals surface area contributed by atoms with Gasteiger partial charge in [0, 0.05) is 5.56 Å². The minimum Gasteiger partial charge on any atom is -0.387 e. The van der Waals surface area contributed by atoms with Crippen molar-refractivity contribution in [3.05, 3.63) is 29.8 Å². The third kappa shape index (κ3) is 5.11. The second-order valence-electron chi connectivity index (χ2n) is 5.97. The number of benzene rings is 1. The van der Waals surface area contributed by atoms with Crippen LogP contribution in [0, 0.1) is 0 Å². The highest BCUT2D eigenvalue weighted by atomic mass is 35.5. The van der Waals surface area contributed by atoms with Crippen LogP contribution in [0.5, 0.6) is 0 Å². The maximum Gasteiger partial charge on any atom is 0.466 e. The molecule has 27 heavy (non-hydrogen) atoms. The predicted octanol–water partition coefficient (Wildman–Crippen LogP) is -1.93. The molecule has 0 amide bonds. The SMILES string of the molecule is O=P(O)(O)O.O[C@@H]1[C@@H](O)[C@H](O)[C@@H](OC2(Cl)C=Nc3ccccc32)[C@@H](O)[C@H]1O. The normalized spacial score (nSPS) is 38.1. The molecule has 13 heteroatoms. The van der Waals surface area contributed by atoms with Gasteiger partial charge in [-0.2, -0.15) is 0 Å². The van der Waals surface area contributed by atoms with Crippen LogP contribution in [0.15, 0.2) is 29.3 Å². The minimum atomic E-state index is -4.64. The molecule has 1 fully saturated rings. The summed E-state index contributed by atoms with van der Waals surface area (Å²) in [5, 5.41) is 47.5. The van der Waals surface area contributed by atoms with Crippen molar-refractivity contribution in [2.24, 2.45) is 4.99 Å². The number of rotatable bonds is 2. The lowest BCUT2D eigenvalue weighted by molar-refractivity contribution is -0.244. The van der Waals surface area contributed by atoms with E-state index in [9.17, 15) is 25.5 Å². The molecule has 1 aromatic rings. The molecule has 2 aliphatic rings. The number of halogens is 1. The average Bonchev–Trinajstić information content (AvgIpc) is 2.92. The van der Waals surface area contributed by atoms with Gasteiger partial charge in [0.15, 0.2) is 0 Å². The monoisotopic (exact) mass is 427 g/mol. The number of phosphoric acid groups is 1. The van der Waals surface area contributed by atoms with Crippen molar-refractivity contribution in [2.45, 2.75) is 41.7 Å². The molecular weight excluding hydrogens is 409 g/mol. The fourth-order valence-electron chi connectivity index (χ4n) is 2.72. The van der Waals surface area contributed by atoms with E-state index < -0.39 is 49.5 Å². The summed E-state index contributed by atoms with van der Waals surface area (Å²) in [4.78, 5) is 25.7. The standard InChI is InChI=1S/C14H16ClNO6.H3O4P/c15-14(5-16-7-4-2-1-3-6(7)14)22-13-11(20)9(18)8(17)10(19)12(13)21;1-5(2,3)4/h1-5,8-13,17-21H;(H3,1,2,3,4)/t8-,9-,10+,11-,12-,13-,14?;/m0./s1. The first-order valence-corrected chi connectivity index (χ1v) is 9.49.